The van der Waals surface area contributed by atoms with Gasteiger partial charge in [-0.05, 0) is 31.6 Å². The number of hydrogen-bond donors (Lipinski definition) is 1. The van der Waals surface area contributed by atoms with Crippen molar-refractivity contribution < 1.29 is 9.53 Å². The molecular weight excluding hydrogens is 204 g/mol. The van der Waals surface area contributed by atoms with Crippen molar-refractivity contribution in [2.45, 2.75) is 32.0 Å². The van der Waals surface area contributed by atoms with Gasteiger partial charge in [0.2, 0.25) is 0 Å². The summed E-state index contributed by atoms with van der Waals surface area (Å²) in [5.41, 5.74) is 0. The molecule has 1 N–H and O–H groups in total. The normalized spacial score (nSPS) is 42.7. The summed E-state index contributed by atoms with van der Waals surface area (Å²) in [6, 6.07) is 0. The summed E-state index contributed by atoms with van der Waals surface area (Å²) in [6.07, 6.45) is 2.04. The summed E-state index contributed by atoms with van der Waals surface area (Å²) < 4.78 is 5.65. The smallest absolute Gasteiger partial charge is 0.251 e. The lowest BCUT2D eigenvalue weighted by Crippen LogP contribution is -2.39. The van der Waals surface area contributed by atoms with Crippen LogP contribution in [0.5, 0.6) is 0 Å². The van der Waals surface area contributed by atoms with E-state index in [1.54, 1.807) is 0 Å². The van der Waals surface area contributed by atoms with Gasteiger partial charge in [0.25, 0.3) is 5.91 Å². The number of nitrogens with zero attached hydrogens (tertiary/aromatic N) is 1. The first kappa shape index (κ1) is 10.5. The molecule has 4 unspecified atom stereocenters. The fourth-order valence-electron chi connectivity index (χ4n) is 3.22. The highest BCUT2D eigenvalue weighted by Crippen LogP contribution is 2.29. The molecule has 4 atom stereocenters. The van der Waals surface area contributed by atoms with Crippen molar-refractivity contribution in [3.8, 4) is 0 Å². The summed E-state index contributed by atoms with van der Waals surface area (Å²) in [4.78, 5) is 14.2. The van der Waals surface area contributed by atoms with Gasteiger partial charge < -0.3 is 15.0 Å². The summed E-state index contributed by atoms with van der Waals surface area (Å²) in [5, 5.41) is 3.39. The van der Waals surface area contributed by atoms with Crippen LogP contribution in [0.25, 0.3) is 0 Å². The maximum absolute atomic E-state index is 12.2. The minimum Gasteiger partial charge on any atom is -0.365 e. The molecule has 0 aliphatic carbocycles. The molecule has 3 saturated heterocycles. The van der Waals surface area contributed by atoms with Gasteiger partial charge in [0.15, 0.2) is 0 Å². The molecule has 0 radical (unpaired) electrons. The minimum atomic E-state index is -0.151. The topological polar surface area (TPSA) is 41.6 Å². The lowest BCUT2D eigenvalue weighted by atomic mass is 10.0. The van der Waals surface area contributed by atoms with Crippen molar-refractivity contribution in [1.82, 2.24) is 10.2 Å². The van der Waals surface area contributed by atoms with Gasteiger partial charge >= 0.3 is 0 Å². The van der Waals surface area contributed by atoms with Gasteiger partial charge in [-0.15, -0.1) is 0 Å². The van der Waals surface area contributed by atoms with E-state index in [0.29, 0.717) is 11.8 Å². The highest BCUT2D eigenvalue weighted by Gasteiger charge is 2.41. The Kier molecular flexibility index (Phi) is 2.64. The second-order valence-electron chi connectivity index (χ2n) is 5.43. The number of ether oxygens (including phenoxy) is 1. The molecule has 3 aliphatic rings. The summed E-state index contributed by atoms with van der Waals surface area (Å²) in [6.45, 7) is 6.08. The molecule has 4 nitrogen and oxygen atoms in total. The Labute approximate surface area is 96.3 Å². The van der Waals surface area contributed by atoms with Crippen LogP contribution in [0.2, 0.25) is 0 Å². The van der Waals surface area contributed by atoms with E-state index in [2.05, 4.69) is 12.2 Å². The first-order chi connectivity index (χ1) is 7.74. The van der Waals surface area contributed by atoms with Gasteiger partial charge in [0.05, 0.1) is 6.10 Å². The quantitative estimate of drug-likeness (QED) is 0.693. The molecule has 4 heteroatoms. The predicted octanol–water partition coefficient (Wildman–Crippen LogP) is 0.232. The zero-order chi connectivity index (χ0) is 11.1. The molecule has 0 spiro atoms. The molecule has 3 aliphatic heterocycles. The van der Waals surface area contributed by atoms with Crippen molar-refractivity contribution in [1.29, 1.82) is 0 Å². The summed E-state index contributed by atoms with van der Waals surface area (Å²) in [7, 11) is 0. The van der Waals surface area contributed by atoms with Gasteiger partial charge in [0, 0.05) is 26.2 Å². The van der Waals surface area contributed by atoms with E-state index in [-0.39, 0.29) is 18.1 Å². The third-order valence-corrected chi connectivity index (χ3v) is 4.21. The highest BCUT2D eigenvalue weighted by atomic mass is 16.5. The average molecular weight is 224 g/mol. The second-order valence-corrected chi connectivity index (χ2v) is 5.43. The second kappa shape index (κ2) is 4.00. The van der Waals surface area contributed by atoms with Crippen LogP contribution in [0.1, 0.15) is 19.8 Å². The predicted molar refractivity (Wildman–Crippen MR) is 60.0 cm³/mol. The number of fused-ring (bicyclic) bond motifs is 1. The first-order valence-corrected chi connectivity index (χ1v) is 6.39. The lowest BCUT2D eigenvalue weighted by molar-refractivity contribution is -0.141. The Morgan fingerprint density at radius 1 is 1.25 bits per heavy atom. The standard InChI is InChI=1S/C12H20N2O2/c1-8-2-3-11(16-8)12(15)14-6-9-4-13-5-10(9)7-14/h8-11,13H,2-7H2,1H3. The van der Waals surface area contributed by atoms with Gasteiger partial charge in [0.1, 0.15) is 6.10 Å². The van der Waals surface area contributed by atoms with Crippen LogP contribution < -0.4 is 5.32 Å². The Balaban J connectivity index is 1.60. The Hall–Kier alpha value is -0.610. The molecule has 0 aromatic rings. The monoisotopic (exact) mass is 224 g/mol. The van der Waals surface area contributed by atoms with Gasteiger partial charge in [-0.3, -0.25) is 4.79 Å². The molecule has 90 valence electrons. The van der Waals surface area contributed by atoms with Crippen molar-refractivity contribution >= 4 is 5.91 Å². The zero-order valence-corrected chi connectivity index (χ0v) is 9.82. The fourth-order valence-corrected chi connectivity index (χ4v) is 3.22. The van der Waals surface area contributed by atoms with E-state index in [0.717, 1.165) is 39.0 Å². The Morgan fingerprint density at radius 3 is 2.50 bits per heavy atom. The minimum absolute atomic E-state index is 0.151. The molecule has 16 heavy (non-hydrogen) atoms. The number of hydrogen-bond acceptors (Lipinski definition) is 3. The van der Waals surface area contributed by atoms with Gasteiger partial charge in [-0.2, -0.15) is 0 Å². The van der Waals surface area contributed by atoms with E-state index < -0.39 is 0 Å². The van der Waals surface area contributed by atoms with Crippen LogP contribution in [0.4, 0.5) is 0 Å². The van der Waals surface area contributed by atoms with E-state index in [4.69, 9.17) is 4.74 Å². The van der Waals surface area contributed by atoms with Crippen LogP contribution in [-0.4, -0.2) is 49.2 Å². The number of nitrogens with one attached hydrogen (secondary N) is 1. The van der Waals surface area contributed by atoms with E-state index in [1.165, 1.54) is 0 Å². The van der Waals surface area contributed by atoms with Crippen LogP contribution >= 0.6 is 0 Å². The molecule has 0 aromatic heterocycles. The Morgan fingerprint density at radius 2 is 1.94 bits per heavy atom. The third-order valence-electron chi connectivity index (χ3n) is 4.21. The van der Waals surface area contributed by atoms with E-state index in [1.807, 2.05) is 4.90 Å². The van der Waals surface area contributed by atoms with E-state index >= 15 is 0 Å². The first-order valence-electron chi connectivity index (χ1n) is 6.39. The number of carbonyl (C=O) groups is 1. The molecular formula is C12H20N2O2. The highest BCUT2D eigenvalue weighted by molar-refractivity contribution is 5.81. The number of rotatable bonds is 1. The number of amides is 1. The van der Waals surface area contributed by atoms with Crippen molar-refractivity contribution in [2.75, 3.05) is 26.2 Å². The van der Waals surface area contributed by atoms with Crippen molar-refractivity contribution in [3.63, 3.8) is 0 Å². The zero-order valence-electron chi connectivity index (χ0n) is 9.82. The lowest BCUT2D eigenvalue weighted by Gasteiger charge is -2.21. The van der Waals surface area contributed by atoms with Crippen LogP contribution in [0.3, 0.4) is 0 Å². The molecule has 0 aromatic carbocycles. The average Bonchev–Trinajstić information content (AvgIpc) is 2.89. The molecule has 3 rings (SSSR count). The third kappa shape index (κ3) is 1.74. The van der Waals surface area contributed by atoms with Gasteiger partial charge in [-0.25, -0.2) is 0 Å². The van der Waals surface area contributed by atoms with Crippen LogP contribution in [0.15, 0.2) is 0 Å². The fraction of sp³-hybridized carbons (Fsp3) is 0.917. The van der Waals surface area contributed by atoms with E-state index in [9.17, 15) is 4.79 Å². The van der Waals surface area contributed by atoms with Gasteiger partial charge in [-0.1, -0.05) is 0 Å². The maximum Gasteiger partial charge on any atom is 0.251 e. The molecule has 1 amide bonds. The molecule has 3 fully saturated rings. The summed E-state index contributed by atoms with van der Waals surface area (Å²) >= 11 is 0. The number of likely N-dealkylation sites (tertiary alicyclic amines) is 1. The molecule has 0 saturated carbocycles. The van der Waals surface area contributed by atoms with Crippen molar-refractivity contribution in [2.24, 2.45) is 11.8 Å². The largest absolute Gasteiger partial charge is 0.365 e. The molecule has 3 heterocycles. The van der Waals surface area contributed by atoms with Crippen molar-refractivity contribution in [3.05, 3.63) is 0 Å². The summed E-state index contributed by atoms with van der Waals surface area (Å²) in [5.74, 6) is 1.60. The maximum atomic E-state index is 12.2. The van der Waals surface area contributed by atoms with Crippen LogP contribution in [-0.2, 0) is 9.53 Å². The molecule has 0 bridgehead atoms. The number of carbonyl (C=O) groups excluding carboxylic acids is 1. The van der Waals surface area contributed by atoms with Crippen LogP contribution in [0, 0.1) is 11.8 Å². The Bertz CT molecular complexity index is 283. The SMILES string of the molecule is CC1CCC(C(=O)N2CC3CNCC3C2)O1.